The van der Waals surface area contributed by atoms with Crippen LogP contribution in [-0.4, -0.2) is 23.0 Å². The van der Waals surface area contributed by atoms with Crippen LogP contribution < -0.4 is 9.64 Å². The lowest BCUT2D eigenvalue weighted by Gasteiger charge is -2.37. The maximum absolute atomic E-state index is 13.2. The number of ketones is 1. The van der Waals surface area contributed by atoms with Gasteiger partial charge in [0.2, 0.25) is 0 Å². The fourth-order valence-electron chi connectivity index (χ4n) is 4.76. The number of allylic oxidation sites excluding steroid dienone is 1. The molecule has 5 nitrogen and oxygen atoms in total. The van der Waals surface area contributed by atoms with Gasteiger partial charge in [-0.2, -0.15) is 0 Å². The van der Waals surface area contributed by atoms with E-state index < -0.39 is 0 Å². The molecule has 160 valence electrons. The Bertz CT molecular complexity index is 1380. The Morgan fingerprint density at radius 2 is 2.03 bits per heavy atom. The van der Waals surface area contributed by atoms with E-state index in [0.29, 0.717) is 11.6 Å². The molecular weight excluding hydrogens is 442 g/mol. The largest absolute Gasteiger partial charge is 0.497 e. The Balaban J connectivity index is 1.60. The zero-order chi connectivity index (χ0) is 22.0. The lowest BCUT2D eigenvalue weighted by atomic mass is 9.85. The predicted octanol–water partition coefficient (Wildman–Crippen LogP) is 6.24. The number of anilines is 1. The normalized spacial score (nSPS) is 19.6. The van der Waals surface area contributed by atoms with Crippen LogP contribution in [0.2, 0.25) is 5.15 Å². The minimum absolute atomic E-state index is 0.145. The molecule has 2 aromatic carbocycles. The maximum atomic E-state index is 13.2. The van der Waals surface area contributed by atoms with Gasteiger partial charge >= 0.3 is 0 Å². The quantitative estimate of drug-likeness (QED) is 0.423. The monoisotopic (exact) mass is 461 g/mol. The van der Waals surface area contributed by atoms with Crippen LogP contribution in [0.3, 0.4) is 0 Å². The number of carbonyl (C=O) groups excluding carboxylic acids is 1. The summed E-state index contributed by atoms with van der Waals surface area (Å²) >= 11 is 8.43. The van der Waals surface area contributed by atoms with E-state index in [2.05, 4.69) is 35.0 Å². The molecule has 0 bridgehead atoms. The molecule has 7 heteroatoms. The van der Waals surface area contributed by atoms with Crippen LogP contribution in [0.15, 0.2) is 63.6 Å². The molecule has 0 spiro atoms. The molecule has 1 atom stereocenters. The van der Waals surface area contributed by atoms with Gasteiger partial charge in [0, 0.05) is 27.8 Å². The zero-order valence-electron chi connectivity index (χ0n) is 17.7. The van der Waals surface area contributed by atoms with Gasteiger partial charge in [-0.3, -0.25) is 4.79 Å². The van der Waals surface area contributed by atoms with Gasteiger partial charge in [-0.25, -0.2) is 9.98 Å². The van der Waals surface area contributed by atoms with Crippen LogP contribution in [0.1, 0.15) is 36.4 Å². The van der Waals surface area contributed by atoms with Crippen LogP contribution >= 0.6 is 23.4 Å². The molecule has 3 aliphatic rings. The highest BCUT2D eigenvalue weighted by atomic mass is 35.5. The van der Waals surface area contributed by atoms with Crippen molar-refractivity contribution in [2.24, 2.45) is 4.99 Å². The molecule has 6 rings (SSSR count). The molecule has 0 radical (unpaired) electrons. The average Bonchev–Trinajstić information content (AvgIpc) is 3.14. The van der Waals surface area contributed by atoms with Crippen molar-refractivity contribution in [3.05, 3.63) is 70.0 Å². The highest BCUT2D eigenvalue weighted by molar-refractivity contribution is 8.14. The van der Waals surface area contributed by atoms with Gasteiger partial charge in [-0.1, -0.05) is 17.7 Å². The summed E-state index contributed by atoms with van der Waals surface area (Å²) in [6.45, 7) is 2.09. The summed E-state index contributed by atoms with van der Waals surface area (Å²) in [4.78, 5) is 26.1. The number of nitrogens with zero attached hydrogens (tertiary/aromatic N) is 3. The molecule has 1 unspecified atom stereocenters. The second-order valence-electron chi connectivity index (χ2n) is 8.30. The first-order valence-corrected chi connectivity index (χ1v) is 11.8. The summed E-state index contributed by atoms with van der Waals surface area (Å²) in [6.07, 6.45) is 2.17. The minimum atomic E-state index is -0.350. The summed E-state index contributed by atoms with van der Waals surface area (Å²) < 4.78 is 5.41. The SMILES string of the molecule is COc1ccc2nc(Cl)c(C3C4=C(CCCC4=O)N=C4Sc5cc(C)ccc5N43)cc2c1. The molecule has 0 amide bonds. The molecule has 0 N–H and O–H groups in total. The number of hydrogen-bond acceptors (Lipinski definition) is 6. The first kappa shape index (κ1) is 19.8. The number of carbonyl (C=O) groups is 1. The number of hydrogen-bond donors (Lipinski definition) is 0. The van der Waals surface area contributed by atoms with Gasteiger partial charge in [0.25, 0.3) is 0 Å². The Hall–Kier alpha value is -2.83. The van der Waals surface area contributed by atoms with E-state index >= 15 is 0 Å². The number of methoxy groups -OCH3 is 1. The van der Waals surface area contributed by atoms with E-state index in [9.17, 15) is 4.79 Å². The first-order valence-electron chi connectivity index (χ1n) is 10.6. The lowest BCUT2D eigenvalue weighted by Crippen LogP contribution is -2.38. The topological polar surface area (TPSA) is 54.8 Å². The van der Waals surface area contributed by atoms with Crippen LogP contribution in [0.25, 0.3) is 10.9 Å². The summed E-state index contributed by atoms with van der Waals surface area (Å²) in [7, 11) is 1.65. The summed E-state index contributed by atoms with van der Waals surface area (Å²) in [5.74, 6) is 0.899. The Morgan fingerprint density at radius 3 is 2.88 bits per heavy atom. The van der Waals surface area contributed by atoms with E-state index in [0.717, 1.165) is 62.1 Å². The van der Waals surface area contributed by atoms with Gasteiger partial charge in [-0.15, -0.1) is 0 Å². The fourth-order valence-corrected chi connectivity index (χ4v) is 6.18. The second-order valence-corrected chi connectivity index (χ2v) is 9.67. The average molecular weight is 462 g/mol. The Morgan fingerprint density at radius 1 is 1.16 bits per heavy atom. The molecular formula is C25H20ClN3O2S. The molecule has 32 heavy (non-hydrogen) atoms. The molecule has 0 saturated heterocycles. The number of aryl methyl sites for hydroxylation is 1. The first-order chi connectivity index (χ1) is 15.5. The maximum Gasteiger partial charge on any atom is 0.174 e. The van der Waals surface area contributed by atoms with E-state index in [1.54, 1.807) is 18.9 Å². The fraction of sp³-hybridized carbons (Fsp3) is 0.240. The number of aromatic nitrogens is 1. The molecule has 1 aromatic heterocycles. The highest BCUT2D eigenvalue weighted by Gasteiger charge is 2.43. The van der Waals surface area contributed by atoms with E-state index in [1.807, 2.05) is 24.3 Å². The van der Waals surface area contributed by atoms with Crippen LogP contribution in [0.4, 0.5) is 5.69 Å². The number of rotatable bonds is 2. The van der Waals surface area contributed by atoms with Crippen molar-refractivity contribution in [1.82, 2.24) is 4.98 Å². The smallest absolute Gasteiger partial charge is 0.174 e. The molecule has 3 heterocycles. The van der Waals surface area contributed by atoms with Gasteiger partial charge in [0.15, 0.2) is 11.0 Å². The van der Waals surface area contributed by atoms with Crippen molar-refractivity contribution < 1.29 is 9.53 Å². The lowest BCUT2D eigenvalue weighted by molar-refractivity contribution is -0.116. The van der Waals surface area contributed by atoms with Crippen LogP contribution in [0, 0.1) is 6.92 Å². The van der Waals surface area contributed by atoms with E-state index in [-0.39, 0.29) is 11.8 Å². The van der Waals surface area contributed by atoms with Gasteiger partial charge < -0.3 is 9.64 Å². The predicted molar refractivity (Wildman–Crippen MR) is 129 cm³/mol. The number of thioether (sulfide) groups is 1. The van der Waals surface area contributed by atoms with E-state index in [4.69, 9.17) is 21.3 Å². The molecule has 2 aliphatic heterocycles. The highest BCUT2D eigenvalue weighted by Crippen LogP contribution is 2.52. The Kier molecular flexibility index (Phi) is 4.56. The Labute approximate surface area is 195 Å². The van der Waals surface area contributed by atoms with Crippen molar-refractivity contribution in [2.75, 3.05) is 12.0 Å². The van der Waals surface area contributed by atoms with Crippen molar-refractivity contribution >= 4 is 50.9 Å². The molecule has 3 aromatic rings. The second kappa shape index (κ2) is 7.36. The number of fused-ring (bicyclic) bond motifs is 4. The number of pyridine rings is 1. The van der Waals surface area contributed by atoms with Crippen molar-refractivity contribution in [1.29, 1.82) is 0 Å². The standard InChI is InChI=1S/C25H20ClN3O2S/c1-13-6-9-19-21(10-13)32-25-28-18-4-3-5-20(30)22(18)23(29(19)25)16-12-14-11-15(31-2)7-8-17(14)27-24(16)26/h6-12,23H,3-5H2,1-2H3. The van der Waals surface area contributed by atoms with E-state index in [1.165, 1.54) is 5.56 Å². The number of Topliss-reactive ketones (excluding diaryl/α,β-unsaturated/α-hetero) is 1. The summed E-state index contributed by atoms with van der Waals surface area (Å²) in [5.41, 5.74) is 5.49. The van der Waals surface area contributed by atoms with Gasteiger partial charge in [0.1, 0.15) is 10.9 Å². The number of ether oxygens (including phenoxy) is 1. The minimum Gasteiger partial charge on any atom is -0.497 e. The third kappa shape index (κ3) is 2.97. The third-order valence-electron chi connectivity index (χ3n) is 6.27. The van der Waals surface area contributed by atoms with Gasteiger partial charge in [-0.05, 0) is 73.5 Å². The third-order valence-corrected chi connectivity index (χ3v) is 7.59. The number of amidine groups is 1. The number of benzene rings is 2. The van der Waals surface area contributed by atoms with Gasteiger partial charge in [0.05, 0.1) is 30.1 Å². The van der Waals surface area contributed by atoms with Crippen LogP contribution in [-0.2, 0) is 4.79 Å². The van der Waals surface area contributed by atoms with Crippen molar-refractivity contribution in [3.63, 3.8) is 0 Å². The number of halogens is 1. The summed E-state index contributed by atoms with van der Waals surface area (Å²) in [5, 5.41) is 2.23. The zero-order valence-corrected chi connectivity index (χ0v) is 19.3. The van der Waals surface area contributed by atoms with Crippen molar-refractivity contribution in [3.8, 4) is 5.75 Å². The van der Waals surface area contributed by atoms with Crippen molar-refractivity contribution in [2.45, 2.75) is 37.1 Å². The molecule has 0 fully saturated rings. The van der Waals surface area contributed by atoms with Crippen LogP contribution in [0.5, 0.6) is 5.75 Å². The molecule has 0 saturated carbocycles. The molecule has 1 aliphatic carbocycles. The summed E-state index contributed by atoms with van der Waals surface area (Å²) in [6, 6.07) is 13.8. The number of aliphatic imine (C=N–C) groups is 1.